The number of aromatic hydroxyl groups is 1. The first kappa shape index (κ1) is 24.4. The van der Waals surface area contributed by atoms with E-state index in [1.54, 1.807) is 19.2 Å². The number of benzene rings is 2. The van der Waals surface area contributed by atoms with Gasteiger partial charge in [-0.15, -0.1) is 0 Å². The molecule has 2 heterocycles. The first-order valence-electron chi connectivity index (χ1n) is 12.7. The quantitative estimate of drug-likeness (QED) is 0.563. The van der Waals surface area contributed by atoms with Crippen LogP contribution in [0.25, 0.3) is 0 Å². The van der Waals surface area contributed by atoms with Gasteiger partial charge >= 0.3 is 0 Å². The van der Waals surface area contributed by atoms with Crippen molar-refractivity contribution in [2.75, 3.05) is 33.4 Å². The smallest absolute Gasteiger partial charge is 0.230 e. The Balaban J connectivity index is 1.35. The van der Waals surface area contributed by atoms with Crippen LogP contribution in [0.4, 0.5) is 0 Å². The summed E-state index contributed by atoms with van der Waals surface area (Å²) in [6, 6.07) is 13.1. The predicted octanol–water partition coefficient (Wildman–Crippen LogP) is 4.86. The second-order valence-electron chi connectivity index (χ2n) is 10.5. The first-order chi connectivity index (χ1) is 16.9. The van der Waals surface area contributed by atoms with E-state index >= 15 is 0 Å². The number of carbonyl (C=O) groups is 1. The molecule has 0 unspecified atom stereocenters. The van der Waals surface area contributed by atoms with Crippen molar-refractivity contribution in [1.29, 1.82) is 0 Å². The molecule has 5 rings (SSSR count). The van der Waals surface area contributed by atoms with Gasteiger partial charge in [0.05, 0.1) is 18.6 Å². The van der Waals surface area contributed by atoms with Crippen LogP contribution < -0.4 is 4.74 Å². The van der Waals surface area contributed by atoms with Gasteiger partial charge in [-0.3, -0.25) is 9.69 Å². The van der Waals surface area contributed by atoms with E-state index in [-0.39, 0.29) is 17.8 Å². The van der Waals surface area contributed by atoms with Crippen molar-refractivity contribution >= 4 is 17.5 Å². The molecule has 3 fully saturated rings. The molecule has 1 amide bonds. The lowest BCUT2D eigenvalue weighted by Crippen LogP contribution is -2.59. The van der Waals surface area contributed by atoms with Crippen molar-refractivity contribution in [2.45, 2.75) is 51.3 Å². The molecular weight excluding hydrogens is 464 g/mol. The summed E-state index contributed by atoms with van der Waals surface area (Å²) in [6.45, 7) is 4.10. The maximum Gasteiger partial charge on any atom is 0.230 e. The Labute approximate surface area is 212 Å². The third kappa shape index (κ3) is 5.76. The highest BCUT2D eigenvalue weighted by atomic mass is 35.5. The molecule has 0 bridgehead atoms. The van der Waals surface area contributed by atoms with Crippen LogP contribution in [0, 0.1) is 11.3 Å². The minimum absolute atomic E-state index is 0.0395. The predicted molar refractivity (Wildman–Crippen MR) is 136 cm³/mol. The second kappa shape index (κ2) is 10.4. The van der Waals surface area contributed by atoms with Crippen LogP contribution >= 0.6 is 11.6 Å². The number of amides is 1. The van der Waals surface area contributed by atoms with Gasteiger partial charge in [-0.05, 0) is 80.5 Å². The lowest BCUT2D eigenvalue weighted by molar-refractivity contribution is -0.161. The number of hydrogen-bond donors (Lipinski definition) is 1. The molecule has 0 aromatic heterocycles. The molecule has 2 aromatic carbocycles. The third-order valence-electron chi connectivity index (χ3n) is 7.65. The topological polar surface area (TPSA) is 62.2 Å². The van der Waals surface area contributed by atoms with E-state index in [1.807, 2.05) is 35.2 Å². The van der Waals surface area contributed by atoms with E-state index < -0.39 is 5.41 Å². The molecule has 3 aliphatic rings. The first-order valence-corrected chi connectivity index (χ1v) is 13.1. The molecule has 6 nitrogen and oxygen atoms in total. The zero-order valence-corrected chi connectivity index (χ0v) is 21.2. The number of ether oxygens (including phenoxy) is 2. The maximum atomic E-state index is 14.0. The summed E-state index contributed by atoms with van der Waals surface area (Å²) in [6.07, 6.45) is 5.10. The second-order valence-corrected chi connectivity index (χ2v) is 10.9. The fourth-order valence-corrected chi connectivity index (χ4v) is 5.88. The lowest BCUT2D eigenvalue weighted by atomic mass is 9.72. The van der Waals surface area contributed by atoms with Crippen LogP contribution in [0.1, 0.15) is 43.2 Å². The average Bonchev–Trinajstić information content (AvgIpc) is 3.67. The number of carbonyl (C=O) groups excluding carboxylic acids is 1. The Morgan fingerprint density at radius 1 is 1.17 bits per heavy atom. The number of nitrogens with zero attached hydrogens (tertiary/aromatic N) is 2. The fourth-order valence-electron chi connectivity index (χ4n) is 5.67. The number of phenolic OH excluding ortho intramolecular Hbond substituents is 1. The Morgan fingerprint density at radius 2 is 2.03 bits per heavy atom. The molecule has 2 aliphatic heterocycles. The van der Waals surface area contributed by atoms with E-state index in [2.05, 4.69) is 4.90 Å². The molecule has 1 spiro atoms. The summed E-state index contributed by atoms with van der Waals surface area (Å²) < 4.78 is 11.7. The molecule has 2 aromatic rings. The number of piperidine rings is 2. The van der Waals surface area contributed by atoms with Crippen molar-refractivity contribution in [3.8, 4) is 11.5 Å². The lowest BCUT2D eigenvalue weighted by Gasteiger charge is -2.49. The van der Waals surface area contributed by atoms with Gasteiger partial charge in [0.2, 0.25) is 5.91 Å². The number of hydrogen-bond acceptors (Lipinski definition) is 5. The highest BCUT2D eigenvalue weighted by Gasteiger charge is 2.49. The average molecular weight is 499 g/mol. The van der Waals surface area contributed by atoms with E-state index in [1.165, 1.54) is 12.8 Å². The largest absolute Gasteiger partial charge is 0.508 e. The summed E-state index contributed by atoms with van der Waals surface area (Å²) in [4.78, 5) is 18.3. The SMILES string of the molecule is COc1ccc(O)c(CN2CCC[C@]3(C[C@H](OCC4CC4)CN(Cc4cccc(Cl)c4)C3=O)C2)c1. The van der Waals surface area contributed by atoms with Crippen LogP contribution in [0.5, 0.6) is 11.5 Å². The van der Waals surface area contributed by atoms with Gasteiger partial charge in [0.25, 0.3) is 0 Å². The van der Waals surface area contributed by atoms with Gasteiger partial charge in [-0.25, -0.2) is 0 Å². The van der Waals surface area contributed by atoms with E-state index in [0.717, 1.165) is 49.3 Å². The zero-order chi connectivity index (χ0) is 24.4. The van der Waals surface area contributed by atoms with Gasteiger partial charge in [-0.1, -0.05) is 23.7 Å². The molecule has 0 radical (unpaired) electrons. The van der Waals surface area contributed by atoms with Gasteiger partial charge < -0.3 is 19.5 Å². The molecule has 7 heteroatoms. The minimum Gasteiger partial charge on any atom is -0.508 e. The number of likely N-dealkylation sites (tertiary alicyclic amines) is 2. The number of methoxy groups -OCH3 is 1. The summed E-state index contributed by atoms with van der Waals surface area (Å²) in [7, 11) is 1.63. The summed E-state index contributed by atoms with van der Waals surface area (Å²) >= 11 is 6.23. The van der Waals surface area contributed by atoms with E-state index in [4.69, 9.17) is 21.1 Å². The molecular formula is C28H35ClN2O4. The molecule has 35 heavy (non-hydrogen) atoms. The molecule has 1 aliphatic carbocycles. The van der Waals surface area contributed by atoms with Crippen molar-refractivity contribution in [1.82, 2.24) is 9.80 Å². The Hall–Kier alpha value is -2.28. The normalized spacial score (nSPS) is 25.3. The van der Waals surface area contributed by atoms with Crippen molar-refractivity contribution in [3.63, 3.8) is 0 Å². The van der Waals surface area contributed by atoms with Gasteiger partial charge in [0, 0.05) is 43.4 Å². The van der Waals surface area contributed by atoms with Gasteiger partial charge in [0.1, 0.15) is 11.5 Å². The summed E-state index contributed by atoms with van der Waals surface area (Å²) in [5.41, 5.74) is 1.39. The molecule has 1 saturated carbocycles. The molecule has 2 atom stereocenters. The van der Waals surface area contributed by atoms with Gasteiger partial charge in [0.15, 0.2) is 0 Å². The third-order valence-corrected chi connectivity index (χ3v) is 7.88. The van der Waals surface area contributed by atoms with E-state index in [0.29, 0.717) is 37.1 Å². The van der Waals surface area contributed by atoms with E-state index in [9.17, 15) is 9.90 Å². The van der Waals surface area contributed by atoms with Crippen molar-refractivity contribution in [3.05, 3.63) is 58.6 Å². The Bertz CT molecular complexity index is 1060. The number of rotatable bonds is 8. The Kier molecular flexibility index (Phi) is 7.24. The standard InChI is InChI=1S/C28H35ClN2O4/c1-34-24-8-9-26(32)22(13-24)16-30-11-3-10-28(19-30)14-25(35-18-20-6-7-20)17-31(27(28)33)15-21-4-2-5-23(29)12-21/h2,4-5,8-9,12-13,20,25,32H,3,6-7,10-11,14-19H2,1H3/t25-,28-/m0/s1. The highest BCUT2D eigenvalue weighted by Crippen LogP contribution is 2.42. The van der Waals surface area contributed by atoms with Crippen LogP contribution in [0.3, 0.4) is 0 Å². The minimum atomic E-state index is -0.474. The van der Waals surface area contributed by atoms with Gasteiger partial charge in [-0.2, -0.15) is 0 Å². The van der Waals surface area contributed by atoms with Crippen LogP contribution in [-0.4, -0.2) is 60.3 Å². The van der Waals surface area contributed by atoms with Crippen LogP contribution in [0.2, 0.25) is 5.02 Å². The highest BCUT2D eigenvalue weighted by molar-refractivity contribution is 6.30. The molecule has 188 valence electrons. The molecule has 1 N–H and O–H groups in total. The zero-order valence-electron chi connectivity index (χ0n) is 20.4. The van der Waals surface area contributed by atoms with Crippen molar-refractivity contribution in [2.24, 2.45) is 11.3 Å². The summed E-state index contributed by atoms with van der Waals surface area (Å²) in [5, 5.41) is 11.1. The monoisotopic (exact) mass is 498 g/mol. The van der Waals surface area contributed by atoms with Crippen LogP contribution in [-0.2, 0) is 22.6 Å². The summed E-state index contributed by atoms with van der Waals surface area (Å²) in [5.74, 6) is 1.88. The maximum absolute atomic E-state index is 14.0. The molecule has 2 saturated heterocycles. The van der Waals surface area contributed by atoms with Crippen molar-refractivity contribution < 1.29 is 19.4 Å². The fraction of sp³-hybridized carbons (Fsp3) is 0.536. The van der Waals surface area contributed by atoms with Crippen LogP contribution in [0.15, 0.2) is 42.5 Å². The number of phenols is 1. The number of halogens is 1. The Morgan fingerprint density at radius 3 is 2.80 bits per heavy atom.